The molecule has 1 aromatic heterocycles. The topological polar surface area (TPSA) is 58.5 Å². The zero-order valence-electron chi connectivity index (χ0n) is 13.4. The first-order chi connectivity index (χ1) is 10.2. The van der Waals surface area contributed by atoms with E-state index in [-0.39, 0.29) is 25.0 Å². The van der Waals surface area contributed by atoms with Crippen molar-refractivity contribution >= 4 is 5.82 Å². The molecule has 0 bridgehead atoms. The number of hydrogen-bond donors (Lipinski definition) is 1. The summed E-state index contributed by atoms with van der Waals surface area (Å²) in [5.41, 5.74) is 0.333. The maximum atomic E-state index is 13.7. The van der Waals surface area contributed by atoms with Gasteiger partial charge in [0.2, 0.25) is 0 Å². The molecule has 1 saturated heterocycles. The largest absolute Gasteiger partial charge is 0.394 e. The molecule has 0 spiro atoms. The van der Waals surface area contributed by atoms with Gasteiger partial charge in [-0.15, -0.1) is 0 Å². The van der Waals surface area contributed by atoms with E-state index in [0.717, 1.165) is 0 Å². The first kappa shape index (κ1) is 17.0. The minimum Gasteiger partial charge on any atom is -0.394 e. The van der Waals surface area contributed by atoms with Gasteiger partial charge in [-0.25, -0.2) is 18.7 Å². The maximum Gasteiger partial charge on any atom is 0.267 e. The Morgan fingerprint density at radius 2 is 2.09 bits per heavy atom. The maximum absolute atomic E-state index is 13.7. The summed E-state index contributed by atoms with van der Waals surface area (Å²) < 4.78 is 32.5. The Labute approximate surface area is 129 Å². The molecular weight excluding hydrogens is 292 g/mol. The van der Waals surface area contributed by atoms with Crippen LogP contribution in [0.4, 0.5) is 14.6 Å². The van der Waals surface area contributed by atoms with Crippen LogP contribution in [0.5, 0.6) is 0 Å². The number of methoxy groups -OCH3 is 1. The molecule has 0 saturated carbocycles. The van der Waals surface area contributed by atoms with Crippen LogP contribution in [0.2, 0.25) is 0 Å². The third-order valence-electron chi connectivity index (χ3n) is 3.61. The van der Waals surface area contributed by atoms with Crippen molar-refractivity contribution < 1.29 is 18.6 Å². The zero-order valence-corrected chi connectivity index (χ0v) is 13.4. The van der Waals surface area contributed by atoms with Gasteiger partial charge < -0.3 is 14.7 Å². The summed E-state index contributed by atoms with van der Waals surface area (Å²) in [5, 5.41) is 9.39. The summed E-state index contributed by atoms with van der Waals surface area (Å²) in [7, 11) is 1.55. The van der Waals surface area contributed by atoms with Crippen LogP contribution in [-0.4, -0.2) is 47.3 Å². The first-order valence-electron chi connectivity index (χ1n) is 7.29. The molecule has 2 rings (SSSR count). The summed E-state index contributed by atoms with van der Waals surface area (Å²) in [5.74, 6) is -1.83. The smallest absolute Gasteiger partial charge is 0.267 e. The average molecular weight is 315 g/mol. The standard InChI is InChI=1S/C15H23F2N3O2/c1-14(2,3)13-18-10(8-22-4)5-12(19-13)20-9-15(16,17)6-11(20)7-21/h5,11,21H,6-9H2,1-4H3. The van der Waals surface area contributed by atoms with Crippen LogP contribution in [0.1, 0.15) is 38.7 Å². The van der Waals surface area contributed by atoms with E-state index < -0.39 is 18.5 Å². The average Bonchev–Trinajstić information content (AvgIpc) is 2.73. The normalized spacial score (nSPS) is 21.4. The van der Waals surface area contributed by atoms with Crippen molar-refractivity contribution in [3.05, 3.63) is 17.6 Å². The number of alkyl halides is 2. The number of aliphatic hydroxyl groups is 1. The van der Waals surface area contributed by atoms with Crippen LogP contribution in [0.15, 0.2) is 6.07 Å². The van der Waals surface area contributed by atoms with E-state index >= 15 is 0 Å². The van der Waals surface area contributed by atoms with Gasteiger partial charge in [-0.05, 0) is 0 Å². The van der Waals surface area contributed by atoms with Crippen LogP contribution >= 0.6 is 0 Å². The fraction of sp³-hybridized carbons (Fsp3) is 0.733. The second-order valence-corrected chi connectivity index (χ2v) is 6.75. The highest BCUT2D eigenvalue weighted by atomic mass is 19.3. The van der Waals surface area contributed by atoms with Crippen LogP contribution in [0.25, 0.3) is 0 Å². The summed E-state index contributed by atoms with van der Waals surface area (Å²) >= 11 is 0. The molecule has 5 nitrogen and oxygen atoms in total. The molecule has 22 heavy (non-hydrogen) atoms. The molecule has 1 N–H and O–H groups in total. The fourth-order valence-corrected chi connectivity index (χ4v) is 2.52. The second-order valence-electron chi connectivity index (χ2n) is 6.75. The molecule has 0 amide bonds. The molecule has 1 unspecified atom stereocenters. The number of halogens is 2. The van der Waals surface area contributed by atoms with Crippen molar-refractivity contribution in [3.8, 4) is 0 Å². The molecule has 124 valence electrons. The van der Waals surface area contributed by atoms with Crippen molar-refractivity contribution in [2.24, 2.45) is 0 Å². The SMILES string of the molecule is COCc1cc(N2CC(F)(F)CC2CO)nc(C(C)(C)C)n1. The highest BCUT2D eigenvalue weighted by Crippen LogP contribution is 2.35. The van der Waals surface area contributed by atoms with Gasteiger partial charge in [0.25, 0.3) is 5.92 Å². The molecule has 0 radical (unpaired) electrons. The Morgan fingerprint density at radius 1 is 1.41 bits per heavy atom. The number of ether oxygens (including phenoxy) is 1. The van der Waals surface area contributed by atoms with Gasteiger partial charge in [0.05, 0.1) is 31.5 Å². The molecule has 1 fully saturated rings. The van der Waals surface area contributed by atoms with E-state index in [9.17, 15) is 13.9 Å². The predicted molar refractivity (Wildman–Crippen MR) is 79.2 cm³/mol. The van der Waals surface area contributed by atoms with Crippen molar-refractivity contribution in [2.75, 3.05) is 25.2 Å². The fourth-order valence-electron chi connectivity index (χ4n) is 2.52. The highest BCUT2D eigenvalue weighted by Gasteiger charge is 2.45. The Kier molecular flexibility index (Phi) is 4.67. The van der Waals surface area contributed by atoms with Crippen LogP contribution in [0, 0.1) is 0 Å². The second kappa shape index (κ2) is 6.04. The lowest BCUT2D eigenvalue weighted by molar-refractivity contribution is 0.0201. The van der Waals surface area contributed by atoms with Crippen molar-refractivity contribution in [3.63, 3.8) is 0 Å². The Bertz CT molecular complexity index is 532. The third kappa shape index (κ3) is 3.70. The number of hydrogen-bond acceptors (Lipinski definition) is 5. The Morgan fingerprint density at radius 3 is 2.64 bits per heavy atom. The number of anilines is 1. The van der Waals surface area contributed by atoms with E-state index in [0.29, 0.717) is 17.3 Å². The lowest BCUT2D eigenvalue weighted by Gasteiger charge is -2.26. The Hall–Kier alpha value is -1.34. The van der Waals surface area contributed by atoms with Gasteiger partial charge in [-0.1, -0.05) is 20.8 Å². The molecule has 0 aromatic carbocycles. The zero-order chi connectivity index (χ0) is 16.5. The number of aromatic nitrogens is 2. The van der Waals surface area contributed by atoms with Gasteiger partial charge in [-0.2, -0.15) is 0 Å². The van der Waals surface area contributed by atoms with E-state index in [4.69, 9.17) is 4.74 Å². The number of rotatable bonds is 4. The van der Waals surface area contributed by atoms with E-state index in [1.807, 2.05) is 20.8 Å². The van der Waals surface area contributed by atoms with Crippen molar-refractivity contribution in [1.82, 2.24) is 9.97 Å². The minimum atomic E-state index is -2.82. The molecule has 1 aliphatic rings. The molecular formula is C15H23F2N3O2. The predicted octanol–water partition coefficient (Wildman–Crippen LogP) is 2.13. The van der Waals surface area contributed by atoms with Crippen LogP contribution in [0.3, 0.4) is 0 Å². The molecule has 1 atom stereocenters. The molecule has 2 heterocycles. The lowest BCUT2D eigenvalue weighted by Crippen LogP contribution is -2.34. The summed E-state index contributed by atoms with van der Waals surface area (Å²) in [6.07, 6.45) is -0.363. The number of nitrogens with zero attached hydrogens (tertiary/aromatic N) is 3. The van der Waals surface area contributed by atoms with Crippen molar-refractivity contribution in [1.29, 1.82) is 0 Å². The van der Waals surface area contributed by atoms with E-state index in [1.54, 1.807) is 13.2 Å². The van der Waals surface area contributed by atoms with Gasteiger partial charge in [0, 0.05) is 25.0 Å². The Balaban J connectivity index is 2.43. The first-order valence-corrected chi connectivity index (χ1v) is 7.29. The monoisotopic (exact) mass is 315 g/mol. The quantitative estimate of drug-likeness (QED) is 0.922. The summed E-state index contributed by atoms with van der Waals surface area (Å²) in [6.45, 7) is 5.41. The van der Waals surface area contributed by atoms with Gasteiger partial charge in [0.1, 0.15) is 11.6 Å². The number of aliphatic hydroxyl groups excluding tert-OH is 1. The summed E-state index contributed by atoms with van der Waals surface area (Å²) in [4.78, 5) is 10.4. The molecule has 1 aliphatic heterocycles. The van der Waals surface area contributed by atoms with Gasteiger partial charge >= 0.3 is 0 Å². The third-order valence-corrected chi connectivity index (χ3v) is 3.61. The molecule has 1 aromatic rings. The minimum absolute atomic E-state index is 0.284. The van der Waals surface area contributed by atoms with Gasteiger partial charge in [-0.3, -0.25) is 0 Å². The molecule has 0 aliphatic carbocycles. The van der Waals surface area contributed by atoms with Gasteiger partial charge in [0.15, 0.2) is 0 Å². The summed E-state index contributed by atoms with van der Waals surface area (Å²) in [6, 6.07) is 1.02. The van der Waals surface area contributed by atoms with Crippen LogP contribution in [-0.2, 0) is 16.8 Å². The molecule has 7 heteroatoms. The highest BCUT2D eigenvalue weighted by molar-refractivity contribution is 5.44. The van der Waals surface area contributed by atoms with E-state index in [2.05, 4.69) is 9.97 Å². The van der Waals surface area contributed by atoms with E-state index in [1.165, 1.54) is 4.90 Å². The van der Waals surface area contributed by atoms with Crippen LogP contribution < -0.4 is 4.90 Å². The lowest BCUT2D eigenvalue weighted by atomic mass is 9.95. The van der Waals surface area contributed by atoms with Crippen molar-refractivity contribution in [2.45, 2.75) is 51.2 Å².